The molecular formula is C11H14N2O2. The molecule has 80 valence electrons. The smallest absolute Gasteiger partial charge is 0.244 e. The van der Waals surface area contributed by atoms with Crippen LogP contribution in [-0.2, 0) is 4.79 Å². The molecule has 1 atom stereocenters. The Morgan fingerprint density at radius 1 is 1.53 bits per heavy atom. The number of nitrogens with one attached hydrogen (secondary N) is 1. The monoisotopic (exact) mass is 206 g/mol. The highest BCUT2D eigenvalue weighted by Gasteiger charge is 2.22. The first-order valence-electron chi connectivity index (χ1n) is 4.81. The average molecular weight is 206 g/mol. The third-order valence-corrected chi connectivity index (χ3v) is 2.07. The van der Waals surface area contributed by atoms with Gasteiger partial charge in [0.1, 0.15) is 11.7 Å². The number of hydrogen-bond donors (Lipinski definition) is 1. The zero-order valence-electron chi connectivity index (χ0n) is 9.07. The van der Waals surface area contributed by atoms with Gasteiger partial charge in [0.05, 0.1) is 6.07 Å². The number of nitriles is 1. The largest absolute Gasteiger partial charge is 0.446 e. The minimum absolute atomic E-state index is 0.00828. The molecule has 1 aromatic rings. The van der Waals surface area contributed by atoms with Crippen molar-refractivity contribution in [3.63, 3.8) is 0 Å². The molecule has 0 radical (unpaired) electrons. The summed E-state index contributed by atoms with van der Waals surface area (Å²) in [6, 6.07) is 5.40. The summed E-state index contributed by atoms with van der Waals surface area (Å²) < 4.78 is 5.19. The van der Waals surface area contributed by atoms with Crippen molar-refractivity contribution in [3.8, 4) is 6.07 Å². The van der Waals surface area contributed by atoms with E-state index in [1.807, 2.05) is 19.9 Å². The van der Waals surface area contributed by atoms with Crippen molar-refractivity contribution in [1.29, 1.82) is 5.26 Å². The van der Waals surface area contributed by atoms with E-state index in [1.54, 1.807) is 19.1 Å². The number of aryl methyl sites for hydroxylation is 1. The second kappa shape index (κ2) is 4.65. The standard InChI is InChI=1S/C11H14N2O2/c1-7(2)9(6-12)11(14)13-10-5-4-8(3)15-10/h4-5,7,9H,1-3H3,(H,13,14). The molecule has 4 nitrogen and oxygen atoms in total. The predicted molar refractivity (Wildman–Crippen MR) is 56.0 cm³/mol. The molecule has 0 fully saturated rings. The van der Waals surface area contributed by atoms with Crippen molar-refractivity contribution in [1.82, 2.24) is 0 Å². The van der Waals surface area contributed by atoms with Gasteiger partial charge in [0.2, 0.25) is 5.91 Å². The Balaban J connectivity index is 2.67. The SMILES string of the molecule is Cc1ccc(NC(=O)C(C#N)C(C)C)o1. The van der Waals surface area contributed by atoms with E-state index in [-0.39, 0.29) is 11.8 Å². The second-order valence-electron chi connectivity index (χ2n) is 3.75. The molecule has 0 spiro atoms. The molecule has 0 bridgehead atoms. The lowest BCUT2D eigenvalue weighted by Crippen LogP contribution is -2.25. The van der Waals surface area contributed by atoms with Crippen LogP contribution in [0.4, 0.5) is 5.88 Å². The first-order valence-corrected chi connectivity index (χ1v) is 4.81. The normalized spacial score (nSPS) is 12.2. The summed E-state index contributed by atoms with van der Waals surface area (Å²) in [6.07, 6.45) is 0. The van der Waals surface area contributed by atoms with Gasteiger partial charge in [-0.3, -0.25) is 10.1 Å². The van der Waals surface area contributed by atoms with Crippen LogP contribution in [0.3, 0.4) is 0 Å². The van der Waals surface area contributed by atoms with Crippen LogP contribution in [0, 0.1) is 30.1 Å². The maximum Gasteiger partial charge on any atom is 0.244 e. The Hall–Kier alpha value is -1.76. The highest BCUT2D eigenvalue weighted by atomic mass is 16.4. The zero-order chi connectivity index (χ0) is 11.4. The fourth-order valence-corrected chi connectivity index (χ4v) is 1.21. The molecule has 0 saturated heterocycles. The van der Waals surface area contributed by atoms with Crippen LogP contribution in [0.25, 0.3) is 0 Å². The number of anilines is 1. The van der Waals surface area contributed by atoms with Crippen LogP contribution in [0.5, 0.6) is 0 Å². The lowest BCUT2D eigenvalue weighted by molar-refractivity contribution is -0.119. The molecule has 1 rings (SSSR count). The number of rotatable bonds is 3. The van der Waals surface area contributed by atoms with Gasteiger partial charge in [0.25, 0.3) is 0 Å². The van der Waals surface area contributed by atoms with Gasteiger partial charge in [0.15, 0.2) is 5.88 Å². The fraction of sp³-hybridized carbons (Fsp3) is 0.455. The van der Waals surface area contributed by atoms with Crippen molar-refractivity contribution >= 4 is 11.8 Å². The number of amides is 1. The zero-order valence-corrected chi connectivity index (χ0v) is 9.07. The van der Waals surface area contributed by atoms with Gasteiger partial charge in [0, 0.05) is 6.07 Å². The van der Waals surface area contributed by atoms with Gasteiger partial charge in [-0.15, -0.1) is 0 Å². The predicted octanol–water partition coefficient (Wildman–Crippen LogP) is 2.32. The molecule has 0 aliphatic carbocycles. The van der Waals surface area contributed by atoms with E-state index in [9.17, 15) is 4.79 Å². The molecule has 4 heteroatoms. The minimum atomic E-state index is -0.643. The summed E-state index contributed by atoms with van der Waals surface area (Å²) in [5.74, 6) is 0.144. The van der Waals surface area contributed by atoms with Gasteiger partial charge in [-0.2, -0.15) is 5.26 Å². The summed E-state index contributed by atoms with van der Waals surface area (Å²) in [5, 5.41) is 11.4. The van der Waals surface area contributed by atoms with Crippen LogP contribution < -0.4 is 5.32 Å². The highest BCUT2D eigenvalue weighted by Crippen LogP contribution is 2.16. The first kappa shape index (κ1) is 11.3. The molecule has 15 heavy (non-hydrogen) atoms. The van der Waals surface area contributed by atoms with E-state index < -0.39 is 5.92 Å². The number of nitrogens with zero attached hydrogens (tertiary/aromatic N) is 1. The van der Waals surface area contributed by atoms with Crippen LogP contribution in [0.15, 0.2) is 16.5 Å². The Morgan fingerprint density at radius 2 is 2.20 bits per heavy atom. The van der Waals surface area contributed by atoms with Gasteiger partial charge in [-0.1, -0.05) is 13.8 Å². The Bertz CT molecular complexity index is 388. The second-order valence-corrected chi connectivity index (χ2v) is 3.75. The summed E-state index contributed by atoms with van der Waals surface area (Å²) in [5.41, 5.74) is 0. The van der Waals surface area contributed by atoms with Gasteiger partial charge < -0.3 is 4.42 Å². The molecule has 1 aromatic heterocycles. The molecule has 0 aliphatic rings. The molecule has 1 unspecified atom stereocenters. The Morgan fingerprint density at radius 3 is 2.60 bits per heavy atom. The van der Waals surface area contributed by atoms with E-state index in [2.05, 4.69) is 5.32 Å². The van der Waals surface area contributed by atoms with Gasteiger partial charge in [-0.25, -0.2) is 0 Å². The number of hydrogen-bond acceptors (Lipinski definition) is 3. The average Bonchev–Trinajstić information content (AvgIpc) is 2.51. The van der Waals surface area contributed by atoms with Gasteiger partial charge in [-0.05, 0) is 18.9 Å². The van der Waals surface area contributed by atoms with Crippen LogP contribution in [0.1, 0.15) is 19.6 Å². The van der Waals surface area contributed by atoms with Crippen LogP contribution in [-0.4, -0.2) is 5.91 Å². The summed E-state index contributed by atoms with van der Waals surface area (Å²) in [4.78, 5) is 11.6. The number of carbonyl (C=O) groups is 1. The molecule has 1 heterocycles. The summed E-state index contributed by atoms with van der Waals surface area (Å²) in [6.45, 7) is 5.46. The van der Waals surface area contributed by atoms with E-state index in [1.165, 1.54) is 0 Å². The third kappa shape index (κ3) is 2.84. The van der Waals surface area contributed by atoms with E-state index >= 15 is 0 Å². The third-order valence-electron chi connectivity index (χ3n) is 2.07. The summed E-state index contributed by atoms with van der Waals surface area (Å²) >= 11 is 0. The molecule has 0 saturated carbocycles. The maximum absolute atomic E-state index is 11.6. The van der Waals surface area contributed by atoms with Crippen molar-refractivity contribution < 1.29 is 9.21 Å². The fourth-order valence-electron chi connectivity index (χ4n) is 1.21. The number of furan rings is 1. The lowest BCUT2D eigenvalue weighted by Gasteiger charge is -2.11. The number of carbonyl (C=O) groups excluding carboxylic acids is 1. The maximum atomic E-state index is 11.6. The topological polar surface area (TPSA) is 66.0 Å². The van der Waals surface area contributed by atoms with E-state index in [0.717, 1.165) is 5.76 Å². The molecule has 1 N–H and O–H groups in total. The highest BCUT2D eigenvalue weighted by molar-refractivity contribution is 5.93. The summed E-state index contributed by atoms with van der Waals surface area (Å²) in [7, 11) is 0. The van der Waals surface area contributed by atoms with E-state index in [0.29, 0.717) is 5.88 Å². The van der Waals surface area contributed by atoms with Crippen LogP contribution in [0.2, 0.25) is 0 Å². The molecular weight excluding hydrogens is 192 g/mol. The molecule has 0 aliphatic heterocycles. The van der Waals surface area contributed by atoms with Crippen molar-refractivity contribution in [2.45, 2.75) is 20.8 Å². The quantitative estimate of drug-likeness (QED) is 0.825. The van der Waals surface area contributed by atoms with Crippen molar-refractivity contribution in [3.05, 3.63) is 17.9 Å². The van der Waals surface area contributed by atoms with Crippen molar-refractivity contribution in [2.75, 3.05) is 5.32 Å². The Kier molecular flexibility index (Phi) is 3.51. The molecule has 1 amide bonds. The van der Waals surface area contributed by atoms with E-state index in [4.69, 9.17) is 9.68 Å². The van der Waals surface area contributed by atoms with Crippen LogP contribution >= 0.6 is 0 Å². The Labute approximate surface area is 88.9 Å². The molecule has 0 aromatic carbocycles. The minimum Gasteiger partial charge on any atom is -0.446 e. The first-order chi connectivity index (χ1) is 7.04. The van der Waals surface area contributed by atoms with Crippen molar-refractivity contribution in [2.24, 2.45) is 11.8 Å². The lowest BCUT2D eigenvalue weighted by atomic mass is 9.97. The van der Waals surface area contributed by atoms with Gasteiger partial charge >= 0.3 is 0 Å².